The molecule has 2 rings (SSSR count). The lowest BCUT2D eigenvalue weighted by Crippen LogP contribution is -2.39. The summed E-state index contributed by atoms with van der Waals surface area (Å²) < 4.78 is 5.32. The Hall–Kier alpha value is -1.96. The van der Waals surface area contributed by atoms with Gasteiger partial charge in [0.15, 0.2) is 5.96 Å². The highest BCUT2D eigenvalue weighted by Crippen LogP contribution is 2.20. The first-order chi connectivity index (χ1) is 13.0. The van der Waals surface area contributed by atoms with Crippen molar-refractivity contribution in [1.29, 1.82) is 0 Å². The van der Waals surface area contributed by atoms with E-state index in [1.165, 1.54) is 0 Å². The standard InChI is InChI=1S/C20H30N4O2S/c1-5-21-20(22-12-18(25)11-16-9-7-6-8-10-16)24(3)13-17-14-27-19(23-17)15(2)26-4/h6-10,14-15,18,25H,5,11-13H2,1-4H3,(H,21,22). The van der Waals surface area contributed by atoms with E-state index in [0.717, 1.165) is 28.8 Å². The van der Waals surface area contributed by atoms with E-state index in [-0.39, 0.29) is 6.10 Å². The molecule has 6 nitrogen and oxygen atoms in total. The van der Waals surface area contributed by atoms with Gasteiger partial charge in [-0.1, -0.05) is 30.3 Å². The van der Waals surface area contributed by atoms with Crippen molar-refractivity contribution >= 4 is 17.3 Å². The van der Waals surface area contributed by atoms with Gasteiger partial charge < -0.3 is 20.1 Å². The normalized spacial score (nSPS) is 14.0. The Balaban J connectivity index is 1.95. The van der Waals surface area contributed by atoms with Gasteiger partial charge in [-0.05, 0) is 19.4 Å². The molecule has 2 aromatic rings. The molecule has 27 heavy (non-hydrogen) atoms. The van der Waals surface area contributed by atoms with Crippen molar-refractivity contribution in [3.63, 3.8) is 0 Å². The van der Waals surface area contributed by atoms with E-state index in [0.29, 0.717) is 19.5 Å². The fourth-order valence-corrected chi connectivity index (χ4v) is 3.45. The quantitative estimate of drug-likeness (QED) is 0.509. The van der Waals surface area contributed by atoms with Crippen LogP contribution in [0.25, 0.3) is 0 Å². The van der Waals surface area contributed by atoms with Crippen LogP contribution in [0.15, 0.2) is 40.7 Å². The molecule has 1 aromatic heterocycles. The summed E-state index contributed by atoms with van der Waals surface area (Å²) in [6, 6.07) is 9.98. The third-order valence-electron chi connectivity index (χ3n) is 4.13. The van der Waals surface area contributed by atoms with Gasteiger partial charge in [0.25, 0.3) is 0 Å². The number of methoxy groups -OCH3 is 1. The van der Waals surface area contributed by atoms with Crippen molar-refractivity contribution in [2.45, 2.75) is 39.0 Å². The Labute approximate surface area is 165 Å². The first-order valence-corrected chi connectivity index (χ1v) is 10.1. The molecule has 0 aliphatic heterocycles. The number of nitrogens with zero attached hydrogens (tertiary/aromatic N) is 3. The molecule has 0 amide bonds. The van der Waals surface area contributed by atoms with Crippen LogP contribution in [-0.2, 0) is 17.7 Å². The number of nitrogens with one attached hydrogen (secondary N) is 1. The van der Waals surface area contributed by atoms with Crippen molar-refractivity contribution in [3.05, 3.63) is 52.0 Å². The number of guanidine groups is 1. The second kappa shape index (κ2) is 11.0. The van der Waals surface area contributed by atoms with Gasteiger partial charge in [-0.2, -0.15) is 0 Å². The van der Waals surface area contributed by atoms with Crippen LogP contribution in [-0.4, -0.2) is 54.3 Å². The first-order valence-electron chi connectivity index (χ1n) is 9.22. The summed E-state index contributed by atoms with van der Waals surface area (Å²) in [5, 5.41) is 16.6. The van der Waals surface area contributed by atoms with Crippen LogP contribution in [0.2, 0.25) is 0 Å². The number of aliphatic hydroxyl groups is 1. The molecule has 2 unspecified atom stereocenters. The van der Waals surface area contributed by atoms with E-state index in [4.69, 9.17) is 4.74 Å². The Morgan fingerprint density at radius 1 is 1.37 bits per heavy atom. The molecule has 1 aromatic carbocycles. The summed E-state index contributed by atoms with van der Waals surface area (Å²) in [7, 11) is 3.67. The number of hydrogen-bond donors (Lipinski definition) is 2. The molecule has 0 saturated carbocycles. The van der Waals surface area contributed by atoms with Crippen LogP contribution in [0.3, 0.4) is 0 Å². The largest absolute Gasteiger partial charge is 0.391 e. The third kappa shape index (κ3) is 6.93. The predicted octanol–water partition coefficient (Wildman–Crippen LogP) is 2.85. The van der Waals surface area contributed by atoms with Gasteiger partial charge in [-0.3, -0.25) is 4.99 Å². The number of rotatable bonds is 9. The van der Waals surface area contributed by atoms with Crippen molar-refractivity contribution in [1.82, 2.24) is 15.2 Å². The minimum atomic E-state index is -0.511. The molecule has 1 heterocycles. The zero-order chi connectivity index (χ0) is 19.6. The molecule has 0 saturated heterocycles. The molecule has 0 fully saturated rings. The van der Waals surface area contributed by atoms with Crippen molar-refractivity contribution in [3.8, 4) is 0 Å². The topological polar surface area (TPSA) is 70.0 Å². The predicted molar refractivity (Wildman–Crippen MR) is 111 cm³/mol. The highest BCUT2D eigenvalue weighted by molar-refractivity contribution is 7.09. The average Bonchev–Trinajstić information content (AvgIpc) is 3.13. The van der Waals surface area contributed by atoms with Gasteiger partial charge in [0, 0.05) is 32.5 Å². The van der Waals surface area contributed by atoms with Crippen LogP contribution in [0.1, 0.15) is 36.2 Å². The summed E-state index contributed by atoms with van der Waals surface area (Å²) in [6.07, 6.45) is 0.0876. The van der Waals surface area contributed by atoms with Gasteiger partial charge in [-0.15, -0.1) is 11.3 Å². The van der Waals surface area contributed by atoms with Crippen LogP contribution in [0.5, 0.6) is 0 Å². The van der Waals surface area contributed by atoms with E-state index in [9.17, 15) is 5.11 Å². The van der Waals surface area contributed by atoms with Crippen molar-refractivity contribution < 1.29 is 9.84 Å². The van der Waals surface area contributed by atoms with E-state index in [2.05, 4.69) is 20.7 Å². The molecule has 0 aliphatic rings. The first kappa shape index (κ1) is 21.3. The van der Waals surface area contributed by atoms with Crippen LogP contribution in [0.4, 0.5) is 0 Å². The third-order valence-corrected chi connectivity index (χ3v) is 5.19. The average molecular weight is 391 g/mol. The van der Waals surface area contributed by atoms with E-state index in [1.807, 2.05) is 56.1 Å². The van der Waals surface area contributed by atoms with Gasteiger partial charge in [0.05, 0.1) is 24.9 Å². The fourth-order valence-electron chi connectivity index (χ4n) is 2.61. The summed E-state index contributed by atoms with van der Waals surface area (Å²) in [4.78, 5) is 11.3. The van der Waals surface area contributed by atoms with Crippen LogP contribution >= 0.6 is 11.3 Å². The minimum absolute atomic E-state index is 0.00379. The monoisotopic (exact) mass is 390 g/mol. The molecule has 148 valence electrons. The SMILES string of the molecule is CCNC(=NCC(O)Cc1ccccc1)N(C)Cc1csc(C(C)OC)n1. The number of aliphatic hydroxyl groups excluding tert-OH is 1. The molecular formula is C20H30N4O2S. The number of aliphatic imine (C=N–C) groups is 1. The lowest BCUT2D eigenvalue weighted by Gasteiger charge is -2.21. The smallest absolute Gasteiger partial charge is 0.194 e. The van der Waals surface area contributed by atoms with E-state index < -0.39 is 6.10 Å². The maximum atomic E-state index is 10.3. The van der Waals surface area contributed by atoms with Crippen molar-refractivity contribution in [2.24, 2.45) is 4.99 Å². The second-order valence-corrected chi connectivity index (χ2v) is 7.34. The zero-order valence-corrected chi connectivity index (χ0v) is 17.4. The molecule has 0 spiro atoms. The molecule has 7 heteroatoms. The molecule has 0 radical (unpaired) electrons. The Morgan fingerprint density at radius 2 is 2.11 bits per heavy atom. The summed E-state index contributed by atoms with van der Waals surface area (Å²) in [5.74, 6) is 0.763. The molecule has 2 N–H and O–H groups in total. The Bertz CT molecular complexity index is 705. The molecular weight excluding hydrogens is 360 g/mol. The molecule has 0 bridgehead atoms. The van der Waals surface area contributed by atoms with Crippen LogP contribution in [0, 0.1) is 0 Å². The number of aromatic nitrogens is 1. The molecule has 2 atom stereocenters. The van der Waals surface area contributed by atoms with Crippen molar-refractivity contribution in [2.75, 3.05) is 27.2 Å². The fraction of sp³-hybridized carbons (Fsp3) is 0.500. The summed E-state index contributed by atoms with van der Waals surface area (Å²) >= 11 is 1.61. The Morgan fingerprint density at radius 3 is 2.78 bits per heavy atom. The highest BCUT2D eigenvalue weighted by atomic mass is 32.1. The highest BCUT2D eigenvalue weighted by Gasteiger charge is 2.13. The number of thiazole rings is 1. The summed E-state index contributed by atoms with van der Waals surface area (Å²) in [6.45, 7) is 5.79. The maximum absolute atomic E-state index is 10.3. The summed E-state index contributed by atoms with van der Waals surface area (Å²) in [5.41, 5.74) is 2.10. The second-order valence-electron chi connectivity index (χ2n) is 6.45. The number of benzene rings is 1. The molecule has 0 aliphatic carbocycles. The van der Waals surface area contributed by atoms with Gasteiger partial charge in [0.1, 0.15) is 11.1 Å². The van der Waals surface area contributed by atoms with E-state index >= 15 is 0 Å². The number of ether oxygens (including phenoxy) is 1. The van der Waals surface area contributed by atoms with Gasteiger partial charge >= 0.3 is 0 Å². The lowest BCUT2D eigenvalue weighted by molar-refractivity contribution is 0.119. The zero-order valence-electron chi connectivity index (χ0n) is 16.6. The lowest BCUT2D eigenvalue weighted by atomic mass is 10.1. The van der Waals surface area contributed by atoms with E-state index in [1.54, 1.807) is 18.4 Å². The maximum Gasteiger partial charge on any atom is 0.194 e. The van der Waals surface area contributed by atoms with Gasteiger partial charge in [0.2, 0.25) is 0 Å². The van der Waals surface area contributed by atoms with Gasteiger partial charge in [-0.25, -0.2) is 4.98 Å². The number of hydrogen-bond acceptors (Lipinski definition) is 5. The van der Waals surface area contributed by atoms with Crippen LogP contribution < -0.4 is 5.32 Å². The Kier molecular flexibility index (Phi) is 8.71. The minimum Gasteiger partial charge on any atom is -0.391 e.